The van der Waals surface area contributed by atoms with Crippen LogP contribution in [0.2, 0.25) is 0 Å². The summed E-state index contributed by atoms with van der Waals surface area (Å²) in [5, 5.41) is 12.9. The molecule has 69 heavy (non-hydrogen) atoms. The van der Waals surface area contributed by atoms with Crippen molar-refractivity contribution >= 4 is 40.6 Å². The Bertz CT molecular complexity index is 2970. The number of hydrogen-bond donors (Lipinski definition) is 3. The minimum Gasteiger partial charge on any atom is -0.491 e. The number of cyclic esters (lactones) is 1. The first-order chi connectivity index (χ1) is 33.8. The molecule has 1 aromatic heterocycles. The number of carbonyl (C=O) groups is 4. The van der Waals surface area contributed by atoms with Crippen molar-refractivity contribution in [1.29, 1.82) is 0 Å². The number of anilines is 1. The highest BCUT2D eigenvalue weighted by molar-refractivity contribution is 6.23. The van der Waals surface area contributed by atoms with Crippen LogP contribution >= 0.6 is 0 Å². The summed E-state index contributed by atoms with van der Waals surface area (Å²) >= 11 is 0. The number of esters is 1. The summed E-state index contributed by atoms with van der Waals surface area (Å²) in [4.78, 5) is 73.3. The van der Waals surface area contributed by atoms with Gasteiger partial charge in [0.15, 0.2) is 0 Å². The monoisotopic (exact) mass is 925 g/mol. The molecule has 1 aliphatic carbocycles. The molecule has 0 saturated carbocycles. The van der Waals surface area contributed by atoms with Crippen LogP contribution in [-0.2, 0) is 40.6 Å². The maximum Gasteiger partial charge on any atom is 0.421 e. The number of aliphatic hydroxyl groups is 1. The average Bonchev–Trinajstić information content (AvgIpc) is 4.03. The summed E-state index contributed by atoms with van der Waals surface area (Å²) in [7, 11) is 1.47. The van der Waals surface area contributed by atoms with Gasteiger partial charge in [0.1, 0.15) is 42.3 Å². The number of amides is 3. The fraction of sp³-hybridized carbons (Fsp3) is 0.291. The Hall–Kier alpha value is -7.57. The number of imidazole rings is 1. The van der Waals surface area contributed by atoms with E-state index in [1.165, 1.54) is 7.11 Å². The van der Waals surface area contributed by atoms with Crippen LogP contribution in [-0.4, -0.2) is 83.4 Å². The van der Waals surface area contributed by atoms with Crippen LogP contribution in [0.3, 0.4) is 0 Å². The highest BCUT2D eigenvalue weighted by Gasteiger charge is 2.75. The number of rotatable bonds is 12. The van der Waals surface area contributed by atoms with E-state index in [2.05, 4.69) is 28.2 Å². The Morgan fingerprint density at radius 3 is 2.38 bits per heavy atom. The Labute approximate surface area is 399 Å². The van der Waals surface area contributed by atoms with Crippen LogP contribution in [0.25, 0.3) is 11.0 Å². The van der Waals surface area contributed by atoms with E-state index in [-0.39, 0.29) is 38.7 Å². The predicted octanol–water partition coefficient (Wildman–Crippen LogP) is 7.55. The number of methoxy groups -OCH3 is 1. The molecular weight excluding hydrogens is 875 g/mol. The molecule has 1 spiro atoms. The number of ether oxygens (including phenoxy) is 4. The van der Waals surface area contributed by atoms with Crippen molar-refractivity contribution in [2.75, 3.05) is 38.4 Å². The van der Waals surface area contributed by atoms with Crippen molar-refractivity contribution in [2.24, 2.45) is 5.92 Å². The maximum absolute atomic E-state index is 16.5. The van der Waals surface area contributed by atoms with Gasteiger partial charge in [-0.05, 0) is 96.0 Å². The van der Waals surface area contributed by atoms with Crippen molar-refractivity contribution in [2.45, 2.75) is 61.9 Å². The number of carbonyl (C=O) groups excluding carboxylic acids is 4. The second kappa shape index (κ2) is 19.6. The molecule has 5 aromatic carbocycles. The summed E-state index contributed by atoms with van der Waals surface area (Å²) < 4.78 is 23.6. The number of aliphatic hydroxyl groups excluding tert-OH is 1. The van der Waals surface area contributed by atoms with Crippen molar-refractivity contribution in [3.05, 3.63) is 173 Å². The second-order valence-corrected chi connectivity index (χ2v) is 17.5. The lowest BCUT2D eigenvalue weighted by molar-refractivity contribution is -0.178. The van der Waals surface area contributed by atoms with Gasteiger partial charge < -0.3 is 34.4 Å². The average molecular weight is 926 g/mol. The largest absolute Gasteiger partial charge is 0.491 e. The molecule has 2 saturated heterocycles. The molecule has 2 fully saturated rings. The van der Waals surface area contributed by atoms with Gasteiger partial charge in [0.2, 0.25) is 11.8 Å². The lowest BCUT2D eigenvalue weighted by atomic mass is 9.65. The van der Waals surface area contributed by atoms with E-state index >= 15 is 14.4 Å². The number of para-hydroxylation sites is 2. The molecule has 0 radical (unpaired) electrons. The third-order valence-corrected chi connectivity index (χ3v) is 13.5. The Kier molecular flexibility index (Phi) is 12.8. The van der Waals surface area contributed by atoms with Gasteiger partial charge in [-0.2, -0.15) is 0 Å². The summed E-state index contributed by atoms with van der Waals surface area (Å²) in [5.74, 6) is 3.80. The molecule has 6 aromatic rings. The number of morpholine rings is 1. The quantitative estimate of drug-likeness (QED) is 0.0629. The van der Waals surface area contributed by atoms with Gasteiger partial charge in [0.05, 0.1) is 54.5 Å². The Balaban J connectivity index is 1.25. The van der Waals surface area contributed by atoms with Gasteiger partial charge in [0.25, 0.3) is 0 Å². The minimum atomic E-state index is -2.05. The molecule has 3 N–H and O–H groups in total. The summed E-state index contributed by atoms with van der Waals surface area (Å²) in [6, 6.07) is 35.3. The van der Waals surface area contributed by atoms with Crippen LogP contribution in [0, 0.1) is 17.8 Å². The first kappa shape index (κ1) is 45.2. The zero-order valence-electron chi connectivity index (χ0n) is 38.0. The molecule has 350 valence electrons. The van der Waals surface area contributed by atoms with E-state index in [0.29, 0.717) is 39.3 Å². The Morgan fingerprint density at radius 2 is 1.62 bits per heavy atom. The molecule has 0 bridgehead atoms. The van der Waals surface area contributed by atoms with E-state index in [4.69, 9.17) is 23.9 Å². The molecule has 3 amide bonds. The van der Waals surface area contributed by atoms with Crippen LogP contribution in [0.5, 0.6) is 5.75 Å². The first-order valence-corrected chi connectivity index (χ1v) is 23.3. The zero-order valence-corrected chi connectivity index (χ0v) is 38.0. The highest BCUT2D eigenvalue weighted by atomic mass is 16.6. The zero-order chi connectivity index (χ0) is 47.5. The molecular formula is C55H51N5O9. The van der Waals surface area contributed by atoms with E-state index in [1.807, 2.05) is 95.9 Å². The van der Waals surface area contributed by atoms with Crippen molar-refractivity contribution in [3.63, 3.8) is 0 Å². The first-order valence-electron chi connectivity index (χ1n) is 23.3. The van der Waals surface area contributed by atoms with E-state index < -0.39 is 59.4 Å². The number of hydrogen-bond acceptors (Lipinski definition) is 11. The van der Waals surface area contributed by atoms with Crippen LogP contribution in [0.1, 0.15) is 77.5 Å². The predicted molar refractivity (Wildman–Crippen MR) is 256 cm³/mol. The summed E-state index contributed by atoms with van der Waals surface area (Å²) in [6.07, 6.45) is 4.13. The molecule has 4 aliphatic rings. The minimum absolute atomic E-state index is 0.0191. The number of nitrogens with zero attached hydrogens (tertiary/aromatic N) is 3. The molecule has 3 aliphatic heterocycles. The normalized spacial score (nSPS) is 22.8. The molecule has 14 heteroatoms. The number of imide groups is 1. The lowest BCUT2D eigenvalue weighted by Crippen LogP contribution is -2.55. The number of fused-ring (bicyclic) bond motifs is 4. The highest BCUT2D eigenvalue weighted by Crippen LogP contribution is 2.66. The second-order valence-electron chi connectivity index (χ2n) is 17.5. The fourth-order valence-electron chi connectivity index (χ4n) is 10.7. The number of nitrogens with one attached hydrogen (secondary N) is 2. The molecule has 6 atom stereocenters. The molecule has 6 unspecified atom stereocenters. The van der Waals surface area contributed by atoms with Gasteiger partial charge in [-0.3, -0.25) is 19.3 Å². The lowest BCUT2D eigenvalue weighted by Gasteiger charge is -2.46. The SMILES string of the molecule is COCCOC(=O)N1C(=O)C2(c3cc(C#CC4=CCCCC4)ccc31)C(C(=O)NCc1nc3ccccc3[nH]1)C1C(=O)OC(c3ccccc3)C(c3ccccc3)N1C2c1cccc(OCCO)c1. The van der Waals surface area contributed by atoms with Gasteiger partial charge in [-0.1, -0.05) is 103 Å². The van der Waals surface area contributed by atoms with Gasteiger partial charge >= 0.3 is 12.1 Å². The van der Waals surface area contributed by atoms with Crippen LogP contribution < -0.4 is 15.0 Å². The number of aromatic amines is 1. The van der Waals surface area contributed by atoms with E-state index in [0.717, 1.165) is 47.2 Å². The van der Waals surface area contributed by atoms with Crippen molar-refractivity contribution < 1.29 is 43.2 Å². The van der Waals surface area contributed by atoms with Crippen LogP contribution in [0.4, 0.5) is 10.5 Å². The van der Waals surface area contributed by atoms with Gasteiger partial charge in [0, 0.05) is 12.7 Å². The summed E-state index contributed by atoms with van der Waals surface area (Å²) in [5.41, 5.74) is 3.40. The van der Waals surface area contributed by atoms with Crippen molar-refractivity contribution in [1.82, 2.24) is 20.2 Å². The van der Waals surface area contributed by atoms with Crippen LogP contribution in [0.15, 0.2) is 139 Å². The smallest absolute Gasteiger partial charge is 0.421 e. The molecule has 10 rings (SSSR count). The number of benzene rings is 5. The third kappa shape index (κ3) is 8.32. The molecule has 4 heterocycles. The Morgan fingerprint density at radius 1 is 0.855 bits per heavy atom. The molecule has 14 nitrogen and oxygen atoms in total. The number of H-pyrrole nitrogens is 1. The van der Waals surface area contributed by atoms with Gasteiger partial charge in [-0.25, -0.2) is 14.7 Å². The number of aromatic nitrogens is 2. The fourth-order valence-corrected chi connectivity index (χ4v) is 10.7. The van der Waals surface area contributed by atoms with Crippen molar-refractivity contribution in [3.8, 4) is 17.6 Å². The third-order valence-electron chi connectivity index (χ3n) is 13.5. The summed E-state index contributed by atoms with van der Waals surface area (Å²) in [6.45, 7) is -0.462. The van der Waals surface area contributed by atoms with E-state index in [1.54, 1.807) is 36.4 Å². The standard InChI is InChI=1S/C55H51N5O9/c1-66-30-31-68-54(65)59-44-27-26-36(25-24-35-14-5-2-6-15-35)32-41(44)55(53(59)64)46(51(62)56-34-45-57-42-22-11-12-23-43(42)58-45)48-52(63)69-49(38-18-9-4-10-19-38)47(37-16-7-3-8-17-37)60(48)50(55)39-20-13-21-40(33-39)67-29-28-61/h3-4,7-14,16-23,26-27,32-33,46-50,61H,2,5-6,15,28-31,34H2,1H3,(H,56,62)(H,57,58). The van der Waals surface area contributed by atoms with Gasteiger partial charge in [-0.15, -0.1) is 0 Å². The topological polar surface area (TPSA) is 173 Å². The number of allylic oxidation sites excluding steroid dienone is 2. The van der Waals surface area contributed by atoms with E-state index in [9.17, 15) is 9.90 Å². The maximum atomic E-state index is 16.5.